The average molecular weight is 406 g/mol. The number of anilines is 1. The summed E-state index contributed by atoms with van der Waals surface area (Å²) in [4.78, 5) is 0.120. The van der Waals surface area contributed by atoms with E-state index in [0.717, 1.165) is 10.8 Å². The van der Waals surface area contributed by atoms with Crippen LogP contribution >= 0.6 is 15.9 Å². The Hall–Kier alpha value is -2.05. The van der Waals surface area contributed by atoms with Crippen LogP contribution < -0.4 is 9.04 Å². The van der Waals surface area contributed by atoms with Gasteiger partial charge < -0.3 is 4.74 Å². The molecule has 0 aliphatic heterocycles. The molecule has 0 aliphatic carbocycles. The van der Waals surface area contributed by atoms with Gasteiger partial charge in [-0.15, -0.1) is 0 Å². The smallest absolute Gasteiger partial charge is 0.267 e. The van der Waals surface area contributed by atoms with Gasteiger partial charge in [-0.2, -0.15) is 0 Å². The minimum atomic E-state index is -3.75. The molecule has 0 unspecified atom stereocenters. The minimum absolute atomic E-state index is 0.120. The third kappa shape index (κ3) is 2.99. The normalized spacial score (nSPS) is 11.5. The van der Waals surface area contributed by atoms with E-state index in [1.165, 1.54) is 11.4 Å². The summed E-state index contributed by atoms with van der Waals surface area (Å²) in [5.41, 5.74) is 0.593. The molecule has 0 radical (unpaired) electrons. The van der Waals surface area contributed by atoms with Crippen LogP contribution in [0.3, 0.4) is 0 Å². The van der Waals surface area contributed by atoms with Crippen molar-refractivity contribution < 1.29 is 13.2 Å². The Bertz CT molecular complexity index is 1000. The van der Waals surface area contributed by atoms with Crippen LogP contribution in [0.25, 0.3) is 10.8 Å². The first-order valence-electron chi connectivity index (χ1n) is 7.25. The van der Waals surface area contributed by atoms with E-state index in [4.69, 9.17) is 4.74 Å². The molecule has 0 N–H and O–H groups in total. The molecule has 3 aromatic rings. The zero-order valence-electron chi connectivity index (χ0n) is 13.2. The molecule has 0 bridgehead atoms. The number of fused-ring (bicyclic) bond motifs is 1. The fourth-order valence-corrected chi connectivity index (χ4v) is 4.39. The van der Waals surface area contributed by atoms with Crippen LogP contribution in [0.15, 0.2) is 70.0 Å². The number of halogens is 1. The standard InChI is InChI=1S/C18H16BrNO3S/c1-20(16-9-7-13-5-3-4-6-14(13)11-16)24(21,22)18-12-15(19)8-10-17(18)23-2/h3-12H,1-2H3. The summed E-state index contributed by atoms with van der Waals surface area (Å²) in [6, 6.07) is 18.3. The quantitative estimate of drug-likeness (QED) is 0.644. The number of methoxy groups -OCH3 is 1. The van der Waals surface area contributed by atoms with E-state index in [9.17, 15) is 8.42 Å². The number of nitrogens with zero attached hydrogens (tertiary/aromatic N) is 1. The van der Waals surface area contributed by atoms with E-state index in [0.29, 0.717) is 15.9 Å². The number of rotatable bonds is 4. The maximum absolute atomic E-state index is 13.0. The first kappa shape index (κ1) is 16.8. The van der Waals surface area contributed by atoms with Gasteiger partial charge in [-0.05, 0) is 41.1 Å². The first-order valence-corrected chi connectivity index (χ1v) is 9.48. The second-order valence-electron chi connectivity index (χ2n) is 5.30. The summed E-state index contributed by atoms with van der Waals surface area (Å²) in [6.07, 6.45) is 0. The Labute approximate surface area is 149 Å². The molecule has 0 aliphatic rings. The number of ether oxygens (including phenoxy) is 1. The fourth-order valence-electron chi connectivity index (χ4n) is 2.51. The van der Waals surface area contributed by atoms with E-state index < -0.39 is 10.0 Å². The van der Waals surface area contributed by atoms with Gasteiger partial charge in [0, 0.05) is 11.5 Å². The summed E-state index contributed by atoms with van der Waals surface area (Å²) in [5.74, 6) is 0.311. The highest BCUT2D eigenvalue weighted by Gasteiger charge is 2.25. The predicted octanol–water partition coefficient (Wildman–Crippen LogP) is 4.44. The maximum Gasteiger partial charge on any atom is 0.267 e. The third-order valence-corrected chi connectivity index (χ3v) is 6.16. The van der Waals surface area contributed by atoms with Gasteiger partial charge >= 0.3 is 0 Å². The van der Waals surface area contributed by atoms with E-state index >= 15 is 0 Å². The lowest BCUT2D eigenvalue weighted by Gasteiger charge is -2.21. The van der Waals surface area contributed by atoms with Crippen LogP contribution in [0, 0.1) is 0 Å². The molecule has 124 valence electrons. The summed E-state index contributed by atoms with van der Waals surface area (Å²) in [7, 11) is -0.750. The molecular formula is C18H16BrNO3S. The van der Waals surface area contributed by atoms with Crippen molar-refractivity contribution in [3.8, 4) is 5.75 Å². The monoisotopic (exact) mass is 405 g/mol. The summed E-state index contributed by atoms with van der Waals surface area (Å²) in [6.45, 7) is 0. The average Bonchev–Trinajstić information content (AvgIpc) is 2.60. The Morgan fingerprint density at radius 2 is 1.67 bits per heavy atom. The number of hydrogen-bond donors (Lipinski definition) is 0. The van der Waals surface area contributed by atoms with E-state index in [2.05, 4.69) is 15.9 Å². The molecular weight excluding hydrogens is 390 g/mol. The van der Waals surface area contributed by atoms with Gasteiger partial charge in [-0.25, -0.2) is 8.42 Å². The molecule has 24 heavy (non-hydrogen) atoms. The number of benzene rings is 3. The first-order chi connectivity index (χ1) is 11.4. The lowest BCUT2D eigenvalue weighted by atomic mass is 10.1. The van der Waals surface area contributed by atoms with Crippen LogP contribution in [0.2, 0.25) is 0 Å². The fraction of sp³-hybridized carbons (Fsp3) is 0.111. The summed E-state index contributed by atoms with van der Waals surface area (Å²) >= 11 is 3.32. The van der Waals surface area contributed by atoms with Crippen LogP contribution in [-0.2, 0) is 10.0 Å². The highest BCUT2D eigenvalue weighted by molar-refractivity contribution is 9.10. The van der Waals surface area contributed by atoms with Crippen LogP contribution in [0.1, 0.15) is 0 Å². The molecule has 0 saturated carbocycles. The lowest BCUT2D eigenvalue weighted by Crippen LogP contribution is -2.27. The highest BCUT2D eigenvalue weighted by atomic mass is 79.9. The van der Waals surface area contributed by atoms with Gasteiger partial charge in [0.15, 0.2) is 0 Å². The lowest BCUT2D eigenvalue weighted by molar-refractivity contribution is 0.402. The largest absolute Gasteiger partial charge is 0.495 e. The topological polar surface area (TPSA) is 46.6 Å². The second kappa shape index (κ2) is 6.45. The van der Waals surface area contributed by atoms with Crippen molar-refractivity contribution in [1.82, 2.24) is 0 Å². The van der Waals surface area contributed by atoms with Crippen molar-refractivity contribution in [2.45, 2.75) is 4.90 Å². The molecule has 0 atom stereocenters. The third-order valence-electron chi connectivity index (χ3n) is 3.86. The van der Waals surface area contributed by atoms with Gasteiger partial charge in [-0.3, -0.25) is 4.31 Å². The summed E-state index contributed by atoms with van der Waals surface area (Å²) < 4.78 is 33.2. The van der Waals surface area contributed by atoms with Crippen LogP contribution in [0.5, 0.6) is 5.75 Å². The van der Waals surface area contributed by atoms with Crippen LogP contribution in [0.4, 0.5) is 5.69 Å². The van der Waals surface area contributed by atoms with Crippen molar-refractivity contribution >= 4 is 42.4 Å². The molecule has 0 saturated heterocycles. The second-order valence-corrected chi connectivity index (χ2v) is 8.15. The van der Waals surface area contributed by atoms with Gasteiger partial charge in [0.25, 0.3) is 10.0 Å². The Morgan fingerprint density at radius 1 is 0.958 bits per heavy atom. The predicted molar refractivity (Wildman–Crippen MR) is 100 cm³/mol. The van der Waals surface area contributed by atoms with Crippen molar-refractivity contribution in [2.75, 3.05) is 18.5 Å². The molecule has 0 aromatic heterocycles. The minimum Gasteiger partial charge on any atom is -0.495 e. The Balaban J connectivity index is 2.10. The van der Waals surface area contributed by atoms with E-state index in [1.807, 2.05) is 36.4 Å². The Kier molecular flexibility index (Phi) is 4.51. The maximum atomic E-state index is 13.0. The SMILES string of the molecule is COc1ccc(Br)cc1S(=O)(=O)N(C)c1ccc2ccccc2c1. The van der Waals surface area contributed by atoms with Crippen molar-refractivity contribution in [3.05, 3.63) is 65.1 Å². The van der Waals surface area contributed by atoms with Crippen LogP contribution in [-0.4, -0.2) is 22.6 Å². The molecule has 3 rings (SSSR count). The van der Waals surface area contributed by atoms with Crippen molar-refractivity contribution in [2.24, 2.45) is 0 Å². The zero-order valence-corrected chi connectivity index (χ0v) is 15.6. The van der Waals surface area contributed by atoms with E-state index in [1.54, 1.807) is 31.3 Å². The van der Waals surface area contributed by atoms with Crippen molar-refractivity contribution in [1.29, 1.82) is 0 Å². The number of hydrogen-bond acceptors (Lipinski definition) is 3. The van der Waals surface area contributed by atoms with Gasteiger partial charge in [-0.1, -0.05) is 46.3 Å². The van der Waals surface area contributed by atoms with Gasteiger partial charge in [0.1, 0.15) is 10.6 Å². The van der Waals surface area contributed by atoms with Gasteiger partial charge in [0.05, 0.1) is 12.8 Å². The summed E-state index contributed by atoms with van der Waals surface area (Å²) in [5, 5.41) is 2.05. The van der Waals surface area contributed by atoms with E-state index in [-0.39, 0.29) is 4.90 Å². The molecule has 4 nitrogen and oxygen atoms in total. The zero-order chi connectivity index (χ0) is 17.3. The molecule has 6 heteroatoms. The highest BCUT2D eigenvalue weighted by Crippen LogP contribution is 2.32. The van der Waals surface area contributed by atoms with Crippen molar-refractivity contribution in [3.63, 3.8) is 0 Å². The molecule has 0 heterocycles. The van der Waals surface area contributed by atoms with Gasteiger partial charge in [0.2, 0.25) is 0 Å². The molecule has 0 amide bonds. The molecule has 3 aromatic carbocycles. The molecule has 0 spiro atoms. The Morgan fingerprint density at radius 3 is 2.38 bits per heavy atom. The molecule has 0 fully saturated rings. The number of sulfonamides is 1.